The van der Waals surface area contributed by atoms with Crippen LogP contribution in [0.4, 0.5) is 0 Å². The highest BCUT2D eigenvalue weighted by Crippen LogP contribution is 2.27. The Morgan fingerprint density at radius 2 is 1.56 bits per heavy atom. The minimum absolute atomic E-state index is 0.0398. The molecule has 0 radical (unpaired) electrons. The molecule has 2 amide bonds. The number of nitrogens with zero attached hydrogens (tertiary/aromatic N) is 2. The van der Waals surface area contributed by atoms with Gasteiger partial charge in [-0.25, -0.2) is 9.36 Å². The Balaban J connectivity index is 1.33. The Bertz CT molecular complexity index is 1740. The van der Waals surface area contributed by atoms with Gasteiger partial charge in [-0.3, -0.25) is 19.0 Å². The van der Waals surface area contributed by atoms with Gasteiger partial charge in [0.05, 0.1) is 37.2 Å². The first-order valence-electron chi connectivity index (χ1n) is 14.5. The monoisotopic (exact) mass is 584 g/mol. The third kappa shape index (κ3) is 6.80. The molecule has 1 aromatic heterocycles. The van der Waals surface area contributed by atoms with Crippen molar-refractivity contribution < 1.29 is 19.1 Å². The number of nitrogens with one attached hydrogen (secondary N) is 2. The molecule has 1 heterocycles. The lowest BCUT2D eigenvalue weighted by molar-refractivity contribution is -0.122. The predicted octanol–water partition coefficient (Wildman–Crippen LogP) is 3.13. The topological polar surface area (TPSA) is 121 Å². The summed E-state index contributed by atoms with van der Waals surface area (Å²) in [7, 11) is 3.13. The number of fused-ring (bicyclic) bond motifs is 1. The van der Waals surface area contributed by atoms with E-state index in [9.17, 15) is 19.2 Å². The molecular formula is C33H36N4O6. The normalized spacial score (nSPS) is 13.2. The van der Waals surface area contributed by atoms with E-state index in [2.05, 4.69) is 10.6 Å². The van der Waals surface area contributed by atoms with E-state index in [1.54, 1.807) is 62.8 Å². The lowest BCUT2D eigenvalue weighted by atomic mass is 10.1. The third-order valence-corrected chi connectivity index (χ3v) is 7.82. The maximum Gasteiger partial charge on any atom is 0.336 e. The molecule has 10 heteroatoms. The Hall–Kier alpha value is -4.86. The number of rotatable bonds is 11. The molecule has 1 fully saturated rings. The van der Waals surface area contributed by atoms with Crippen molar-refractivity contribution in [1.82, 2.24) is 19.8 Å². The summed E-state index contributed by atoms with van der Waals surface area (Å²) in [4.78, 5) is 52.6. The zero-order valence-corrected chi connectivity index (χ0v) is 24.4. The average molecular weight is 585 g/mol. The highest BCUT2D eigenvalue weighted by atomic mass is 16.5. The fraction of sp³-hybridized carbons (Fsp3) is 0.333. The molecule has 0 bridgehead atoms. The van der Waals surface area contributed by atoms with Crippen LogP contribution in [0.1, 0.15) is 36.8 Å². The summed E-state index contributed by atoms with van der Waals surface area (Å²) in [5.41, 5.74) is 1.38. The van der Waals surface area contributed by atoms with E-state index in [1.165, 1.54) is 4.57 Å². The van der Waals surface area contributed by atoms with Crippen molar-refractivity contribution in [2.75, 3.05) is 20.8 Å². The Morgan fingerprint density at radius 3 is 2.28 bits per heavy atom. The van der Waals surface area contributed by atoms with Crippen LogP contribution in [0.25, 0.3) is 16.6 Å². The zero-order valence-electron chi connectivity index (χ0n) is 24.4. The van der Waals surface area contributed by atoms with Crippen LogP contribution in [0.2, 0.25) is 0 Å². The molecule has 224 valence electrons. The number of ether oxygens (including phenoxy) is 2. The van der Waals surface area contributed by atoms with E-state index >= 15 is 0 Å². The quantitative estimate of drug-likeness (QED) is 0.280. The molecule has 3 aromatic carbocycles. The lowest BCUT2D eigenvalue weighted by Gasteiger charge is -2.15. The van der Waals surface area contributed by atoms with Gasteiger partial charge in [-0.15, -0.1) is 0 Å². The van der Waals surface area contributed by atoms with Gasteiger partial charge >= 0.3 is 5.69 Å². The minimum Gasteiger partial charge on any atom is -0.493 e. The van der Waals surface area contributed by atoms with Crippen molar-refractivity contribution in [2.45, 2.75) is 51.1 Å². The molecule has 10 nitrogen and oxygen atoms in total. The van der Waals surface area contributed by atoms with Crippen LogP contribution < -0.4 is 31.4 Å². The smallest absolute Gasteiger partial charge is 0.336 e. The lowest BCUT2D eigenvalue weighted by Crippen LogP contribution is -2.42. The summed E-state index contributed by atoms with van der Waals surface area (Å²) in [5.74, 6) is 0.826. The molecule has 4 aromatic rings. The van der Waals surface area contributed by atoms with Gasteiger partial charge in [0.2, 0.25) is 11.8 Å². The van der Waals surface area contributed by atoms with Crippen molar-refractivity contribution in [2.24, 2.45) is 0 Å². The molecule has 1 aliphatic rings. The number of hydrogen-bond donors (Lipinski definition) is 2. The molecular weight excluding hydrogens is 548 g/mol. The molecule has 0 unspecified atom stereocenters. The molecule has 5 rings (SSSR count). The Labute approximate surface area is 249 Å². The number of para-hydroxylation sites is 1. The van der Waals surface area contributed by atoms with E-state index < -0.39 is 11.2 Å². The van der Waals surface area contributed by atoms with E-state index in [0.717, 1.165) is 41.4 Å². The highest BCUT2D eigenvalue weighted by Gasteiger charge is 2.19. The fourth-order valence-corrected chi connectivity index (χ4v) is 5.58. The first-order chi connectivity index (χ1) is 20.9. The summed E-state index contributed by atoms with van der Waals surface area (Å²) in [5, 5.41) is 6.26. The average Bonchev–Trinajstić information content (AvgIpc) is 3.53. The van der Waals surface area contributed by atoms with Gasteiger partial charge in [0, 0.05) is 12.6 Å². The number of amides is 2. The van der Waals surface area contributed by atoms with Crippen molar-refractivity contribution >= 4 is 22.7 Å². The van der Waals surface area contributed by atoms with Crippen LogP contribution in [0.5, 0.6) is 11.5 Å². The summed E-state index contributed by atoms with van der Waals surface area (Å²) in [6.45, 7) is 0.0847. The molecule has 0 spiro atoms. The van der Waals surface area contributed by atoms with Crippen LogP contribution in [0.3, 0.4) is 0 Å². The molecule has 1 aliphatic carbocycles. The number of hydrogen-bond acceptors (Lipinski definition) is 6. The summed E-state index contributed by atoms with van der Waals surface area (Å²) < 4.78 is 13.0. The third-order valence-electron chi connectivity index (χ3n) is 7.82. The van der Waals surface area contributed by atoms with Gasteiger partial charge < -0.3 is 20.1 Å². The number of carbonyl (C=O) groups excluding carboxylic acids is 2. The zero-order chi connectivity index (χ0) is 30.3. The van der Waals surface area contributed by atoms with E-state index in [0.29, 0.717) is 41.1 Å². The number of benzene rings is 3. The number of aromatic nitrogens is 2. The van der Waals surface area contributed by atoms with Gasteiger partial charge in [0.1, 0.15) is 6.54 Å². The maximum absolute atomic E-state index is 13.7. The fourth-order valence-electron chi connectivity index (χ4n) is 5.58. The van der Waals surface area contributed by atoms with Crippen molar-refractivity contribution in [3.05, 3.63) is 98.7 Å². The molecule has 43 heavy (non-hydrogen) atoms. The van der Waals surface area contributed by atoms with Gasteiger partial charge in [0.15, 0.2) is 11.5 Å². The minimum atomic E-state index is -0.620. The van der Waals surface area contributed by atoms with E-state index in [4.69, 9.17) is 9.47 Å². The Kier molecular flexibility index (Phi) is 9.24. The second-order valence-electron chi connectivity index (χ2n) is 10.7. The van der Waals surface area contributed by atoms with Crippen LogP contribution in [0, 0.1) is 0 Å². The van der Waals surface area contributed by atoms with Crippen LogP contribution in [0.15, 0.2) is 76.3 Å². The van der Waals surface area contributed by atoms with Gasteiger partial charge in [-0.2, -0.15) is 0 Å². The van der Waals surface area contributed by atoms with Crippen molar-refractivity contribution in [3.8, 4) is 17.2 Å². The second kappa shape index (κ2) is 13.4. The van der Waals surface area contributed by atoms with E-state index in [1.807, 2.05) is 18.2 Å². The van der Waals surface area contributed by atoms with Gasteiger partial charge in [-0.1, -0.05) is 43.2 Å². The van der Waals surface area contributed by atoms with Crippen molar-refractivity contribution in [3.63, 3.8) is 0 Å². The summed E-state index contributed by atoms with van der Waals surface area (Å²) in [6.07, 6.45) is 5.07. The first kappa shape index (κ1) is 29.6. The predicted molar refractivity (Wildman–Crippen MR) is 164 cm³/mol. The standard InChI is InChI=1S/C33H36N4O6/c1-42-28-16-13-23(19-29(28)43-2)17-18-34-31(39)21-36-27-10-6-5-9-26(27)32(40)37(33(36)41)25-14-11-22(12-15-25)20-30(38)35-24-7-3-4-8-24/h5-6,9-16,19,24H,3-4,7-8,17-18,20-21H2,1-2H3,(H,34,39)(H,35,38). The van der Waals surface area contributed by atoms with Crippen LogP contribution in [-0.2, 0) is 29.0 Å². The molecule has 0 aliphatic heterocycles. The molecule has 0 atom stereocenters. The van der Waals surface area contributed by atoms with E-state index in [-0.39, 0.29) is 30.8 Å². The van der Waals surface area contributed by atoms with Crippen molar-refractivity contribution in [1.29, 1.82) is 0 Å². The van der Waals surface area contributed by atoms with Gasteiger partial charge in [-0.05, 0) is 66.8 Å². The highest BCUT2D eigenvalue weighted by molar-refractivity contribution is 5.82. The largest absolute Gasteiger partial charge is 0.493 e. The second-order valence-corrected chi connectivity index (χ2v) is 10.7. The van der Waals surface area contributed by atoms with Gasteiger partial charge in [0.25, 0.3) is 5.56 Å². The van der Waals surface area contributed by atoms with Crippen LogP contribution in [-0.4, -0.2) is 47.8 Å². The Morgan fingerprint density at radius 1 is 0.860 bits per heavy atom. The maximum atomic E-state index is 13.7. The number of carbonyl (C=O) groups is 2. The summed E-state index contributed by atoms with van der Waals surface area (Å²) in [6, 6.07) is 19.3. The summed E-state index contributed by atoms with van der Waals surface area (Å²) >= 11 is 0. The molecule has 2 N–H and O–H groups in total. The van der Waals surface area contributed by atoms with Crippen LogP contribution >= 0.6 is 0 Å². The SMILES string of the molecule is COc1ccc(CCNC(=O)Cn2c(=O)n(-c3ccc(CC(=O)NC4CCCC4)cc3)c(=O)c3ccccc32)cc1OC. The first-order valence-corrected chi connectivity index (χ1v) is 14.5. The number of methoxy groups -OCH3 is 2. The molecule has 0 saturated heterocycles. The molecule has 1 saturated carbocycles.